The largest absolute Gasteiger partial charge is 0.451 e. The summed E-state index contributed by atoms with van der Waals surface area (Å²) in [5.74, 6) is -1.07. The molecule has 10 nitrogen and oxygen atoms in total. The van der Waals surface area contributed by atoms with Gasteiger partial charge in [-0.1, -0.05) is 12.1 Å². The number of carbonyl (C=O) groups is 2. The number of ether oxygens (including phenoxy) is 1. The van der Waals surface area contributed by atoms with E-state index in [0.29, 0.717) is 70.4 Å². The highest BCUT2D eigenvalue weighted by atomic mass is 19.4. The van der Waals surface area contributed by atoms with Crippen LogP contribution in [0.5, 0.6) is 0 Å². The minimum absolute atomic E-state index is 0.0823. The maximum absolute atomic E-state index is 13.9. The number of carbonyl (C=O) groups excluding carboxylic acids is 2. The normalized spacial score (nSPS) is 17.7. The Hall–Kier alpha value is -4.08. The molecule has 1 atom stereocenters. The molecule has 4 rings (SSSR count). The fraction of sp³-hybridized carbons (Fsp3) is 0.581. The number of aromatic nitrogens is 2. The van der Waals surface area contributed by atoms with E-state index in [1.807, 2.05) is 17.0 Å². The number of hydrogen-bond donors (Lipinski definition) is 1. The molecule has 44 heavy (non-hydrogen) atoms. The summed E-state index contributed by atoms with van der Waals surface area (Å²) in [4.78, 5) is 38.2. The molecule has 2 aromatic rings. The highest BCUT2D eigenvalue weighted by Crippen LogP contribution is 2.34. The van der Waals surface area contributed by atoms with E-state index >= 15 is 0 Å². The van der Waals surface area contributed by atoms with Crippen LogP contribution in [0.3, 0.4) is 0 Å². The highest BCUT2D eigenvalue weighted by molar-refractivity contribution is 5.85. The molecular formula is C31H40F3N7O3. The van der Waals surface area contributed by atoms with Crippen molar-refractivity contribution in [2.45, 2.75) is 70.7 Å². The summed E-state index contributed by atoms with van der Waals surface area (Å²) in [7, 11) is 1.68. The van der Waals surface area contributed by atoms with Crippen molar-refractivity contribution in [1.29, 1.82) is 5.26 Å². The van der Waals surface area contributed by atoms with Gasteiger partial charge in [-0.25, -0.2) is 14.8 Å². The summed E-state index contributed by atoms with van der Waals surface area (Å²) in [6.07, 6.45) is -2.12. The van der Waals surface area contributed by atoms with E-state index < -0.39 is 29.7 Å². The summed E-state index contributed by atoms with van der Waals surface area (Å²) in [6.45, 7) is 7.60. The molecule has 1 aromatic carbocycles. The lowest BCUT2D eigenvalue weighted by atomic mass is 9.96. The van der Waals surface area contributed by atoms with Gasteiger partial charge in [-0.2, -0.15) is 18.4 Å². The van der Waals surface area contributed by atoms with Crippen molar-refractivity contribution in [3.63, 3.8) is 0 Å². The van der Waals surface area contributed by atoms with Crippen LogP contribution in [0.2, 0.25) is 0 Å². The number of alkyl halides is 3. The van der Waals surface area contributed by atoms with E-state index in [-0.39, 0.29) is 23.5 Å². The quantitative estimate of drug-likeness (QED) is 0.452. The molecule has 0 unspecified atom stereocenters. The molecule has 0 spiro atoms. The fourth-order valence-electron chi connectivity index (χ4n) is 5.51. The van der Waals surface area contributed by atoms with Gasteiger partial charge in [0.05, 0.1) is 11.6 Å². The molecule has 0 bridgehead atoms. The van der Waals surface area contributed by atoms with Crippen LogP contribution in [0.25, 0.3) is 0 Å². The van der Waals surface area contributed by atoms with Crippen LogP contribution in [0, 0.1) is 17.2 Å². The molecule has 2 amide bonds. The van der Waals surface area contributed by atoms with Crippen LogP contribution >= 0.6 is 0 Å². The summed E-state index contributed by atoms with van der Waals surface area (Å²) < 4.78 is 47.2. The van der Waals surface area contributed by atoms with Crippen LogP contribution in [0.1, 0.15) is 63.4 Å². The average molecular weight is 616 g/mol. The lowest BCUT2D eigenvalue weighted by Gasteiger charge is -2.35. The summed E-state index contributed by atoms with van der Waals surface area (Å²) in [5, 5.41) is 11.9. The second-order valence-electron chi connectivity index (χ2n) is 12.4. The van der Waals surface area contributed by atoms with Crippen molar-refractivity contribution in [2.24, 2.45) is 5.92 Å². The van der Waals surface area contributed by atoms with Gasteiger partial charge in [0.2, 0.25) is 11.7 Å². The van der Waals surface area contributed by atoms with Crippen LogP contribution < -0.4 is 15.1 Å². The summed E-state index contributed by atoms with van der Waals surface area (Å²) in [5.41, 5.74) is 0.914. The smallest absolute Gasteiger partial charge is 0.444 e. The van der Waals surface area contributed by atoms with Gasteiger partial charge in [0, 0.05) is 45.8 Å². The molecule has 2 fully saturated rings. The number of nitrogens with zero attached hydrogens (tertiary/aromatic N) is 6. The molecule has 13 heteroatoms. The number of piperidine rings is 1. The summed E-state index contributed by atoms with van der Waals surface area (Å²) >= 11 is 0. The fourth-order valence-corrected chi connectivity index (χ4v) is 5.51. The van der Waals surface area contributed by atoms with Crippen molar-refractivity contribution < 1.29 is 27.5 Å². The molecule has 2 aliphatic heterocycles. The third-order valence-corrected chi connectivity index (χ3v) is 7.77. The Morgan fingerprint density at radius 3 is 2.34 bits per heavy atom. The highest BCUT2D eigenvalue weighted by Gasteiger charge is 2.39. The first-order valence-electron chi connectivity index (χ1n) is 14.9. The Morgan fingerprint density at radius 1 is 1.07 bits per heavy atom. The lowest BCUT2D eigenvalue weighted by Crippen LogP contribution is -2.44. The number of benzene rings is 1. The first kappa shape index (κ1) is 32.8. The number of nitriles is 1. The molecule has 3 heterocycles. The van der Waals surface area contributed by atoms with Gasteiger partial charge in [-0.15, -0.1) is 0 Å². The van der Waals surface area contributed by atoms with Crippen molar-refractivity contribution in [2.75, 3.05) is 49.6 Å². The first-order chi connectivity index (χ1) is 20.7. The standard InChI is InChI=1S/C31H40F3N7O3/c1-30(2,3)44-29(43)39(4)20-23-12-16-40(17-13-23)25-18-26(38-28(37-25)31(32,33)34)41-15-5-6-24(41)27(42)36-14-11-21-7-9-22(19-35)10-8-21/h7-10,18,23-24H,5-6,11-17,20H2,1-4H3,(H,36,42)/t24-/m0/s1. The SMILES string of the molecule is CN(CC1CCN(c2cc(N3CCC[C@H]3C(=O)NCCc3ccc(C#N)cc3)nc(C(F)(F)F)n2)CC1)C(=O)OC(C)(C)C. The van der Waals surface area contributed by atoms with E-state index in [9.17, 15) is 22.8 Å². The van der Waals surface area contributed by atoms with Crippen LogP contribution in [-0.2, 0) is 22.1 Å². The monoisotopic (exact) mass is 615 g/mol. The maximum Gasteiger partial charge on any atom is 0.451 e. The Morgan fingerprint density at radius 2 is 1.73 bits per heavy atom. The Balaban J connectivity index is 1.41. The number of amides is 2. The zero-order valence-electron chi connectivity index (χ0n) is 25.7. The molecule has 0 saturated carbocycles. The molecule has 2 aliphatic rings. The molecule has 238 valence electrons. The number of anilines is 2. The molecular weight excluding hydrogens is 575 g/mol. The van der Waals surface area contributed by atoms with Crippen molar-refractivity contribution in [3.05, 3.63) is 47.3 Å². The van der Waals surface area contributed by atoms with E-state index in [1.165, 1.54) is 0 Å². The topological polar surface area (TPSA) is 115 Å². The number of hydrogen-bond acceptors (Lipinski definition) is 8. The van der Waals surface area contributed by atoms with E-state index in [0.717, 1.165) is 5.56 Å². The van der Waals surface area contributed by atoms with Crippen LogP contribution in [0.4, 0.5) is 29.6 Å². The molecule has 1 aromatic heterocycles. The van der Waals surface area contributed by atoms with Gasteiger partial charge < -0.3 is 24.8 Å². The molecule has 2 saturated heterocycles. The third-order valence-electron chi connectivity index (χ3n) is 7.77. The van der Waals surface area contributed by atoms with E-state index in [2.05, 4.69) is 21.4 Å². The van der Waals surface area contributed by atoms with Gasteiger partial charge in [0.25, 0.3) is 0 Å². The predicted molar refractivity (Wildman–Crippen MR) is 159 cm³/mol. The lowest BCUT2D eigenvalue weighted by molar-refractivity contribution is -0.144. The Kier molecular flexibility index (Phi) is 10.2. The first-order valence-corrected chi connectivity index (χ1v) is 14.9. The predicted octanol–water partition coefficient (Wildman–Crippen LogP) is 4.78. The summed E-state index contributed by atoms with van der Waals surface area (Å²) in [6, 6.07) is 10.1. The van der Waals surface area contributed by atoms with Gasteiger partial charge >= 0.3 is 12.3 Å². The van der Waals surface area contributed by atoms with Crippen molar-refractivity contribution in [1.82, 2.24) is 20.2 Å². The van der Waals surface area contributed by atoms with Gasteiger partial charge in [0.15, 0.2) is 0 Å². The van der Waals surface area contributed by atoms with Crippen LogP contribution in [0.15, 0.2) is 30.3 Å². The Labute approximate surface area is 256 Å². The third kappa shape index (κ3) is 8.74. The zero-order chi connectivity index (χ0) is 32.1. The minimum atomic E-state index is -4.75. The van der Waals surface area contributed by atoms with Gasteiger partial charge in [0.1, 0.15) is 23.3 Å². The van der Waals surface area contributed by atoms with Gasteiger partial charge in [-0.05, 0) is 76.5 Å². The van der Waals surface area contributed by atoms with Crippen molar-refractivity contribution >= 4 is 23.6 Å². The van der Waals surface area contributed by atoms with Crippen LogP contribution in [-0.4, -0.2) is 78.3 Å². The zero-order valence-corrected chi connectivity index (χ0v) is 25.7. The van der Waals surface area contributed by atoms with E-state index in [1.54, 1.807) is 55.8 Å². The molecule has 1 N–H and O–H groups in total. The second-order valence-corrected chi connectivity index (χ2v) is 12.4. The molecule has 0 aliphatic carbocycles. The van der Waals surface area contributed by atoms with E-state index in [4.69, 9.17) is 10.00 Å². The number of rotatable bonds is 8. The minimum Gasteiger partial charge on any atom is -0.444 e. The maximum atomic E-state index is 13.9. The second kappa shape index (κ2) is 13.7. The molecule has 0 radical (unpaired) electrons. The number of nitrogens with one attached hydrogen (secondary N) is 1. The average Bonchev–Trinajstić information content (AvgIpc) is 3.47. The van der Waals surface area contributed by atoms with Crippen molar-refractivity contribution in [3.8, 4) is 6.07 Å². The van der Waals surface area contributed by atoms with Gasteiger partial charge in [-0.3, -0.25) is 4.79 Å². The number of halogens is 3. The Bertz CT molecular complexity index is 1350.